The number of nitrogens with one attached hydrogen (secondary N) is 1. The van der Waals surface area contributed by atoms with Crippen molar-refractivity contribution in [3.05, 3.63) is 28.2 Å². The third-order valence-electron chi connectivity index (χ3n) is 3.81. The molecule has 0 radical (unpaired) electrons. The molecule has 1 aromatic rings. The van der Waals surface area contributed by atoms with Gasteiger partial charge in [0.1, 0.15) is 6.07 Å². The van der Waals surface area contributed by atoms with Gasteiger partial charge in [-0.25, -0.2) is 0 Å². The maximum Gasteiger partial charge on any atom is 0.307 e. The second-order valence-electron chi connectivity index (χ2n) is 5.42. The molecular weight excluding hydrogens is 336 g/mol. The molecule has 0 aliphatic heterocycles. The monoisotopic (exact) mass is 350 g/mol. The molecular formula is C15H15BrN2O3. The van der Waals surface area contributed by atoms with Crippen molar-refractivity contribution in [1.29, 1.82) is 5.26 Å². The van der Waals surface area contributed by atoms with Gasteiger partial charge in [0.05, 0.1) is 23.1 Å². The zero-order valence-electron chi connectivity index (χ0n) is 11.5. The lowest BCUT2D eigenvalue weighted by Gasteiger charge is -2.16. The van der Waals surface area contributed by atoms with Crippen LogP contribution in [0, 0.1) is 29.1 Å². The minimum Gasteiger partial charge on any atom is -0.481 e. The van der Waals surface area contributed by atoms with Gasteiger partial charge in [0, 0.05) is 4.47 Å². The number of carbonyl (C=O) groups excluding carboxylic acids is 1. The number of amides is 1. The molecule has 0 bridgehead atoms. The molecule has 1 amide bonds. The second kappa shape index (κ2) is 6.27. The third kappa shape index (κ3) is 3.42. The maximum atomic E-state index is 12.3. The van der Waals surface area contributed by atoms with Crippen LogP contribution in [0.1, 0.15) is 25.3 Å². The lowest BCUT2D eigenvalue weighted by Crippen LogP contribution is -2.30. The van der Waals surface area contributed by atoms with Gasteiger partial charge >= 0.3 is 5.97 Å². The number of carboxylic acid groups (broad SMARTS) is 1. The molecule has 6 heteroatoms. The van der Waals surface area contributed by atoms with Gasteiger partial charge in [0.15, 0.2) is 0 Å². The summed E-state index contributed by atoms with van der Waals surface area (Å²) in [4.78, 5) is 23.6. The zero-order chi connectivity index (χ0) is 15.6. The Bertz CT molecular complexity index is 624. The van der Waals surface area contributed by atoms with E-state index in [1.165, 1.54) is 0 Å². The van der Waals surface area contributed by atoms with E-state index in [1.54, 1.807) is 18.2 Å². The smallest absolute Gasteiger partial charge is 0.307 e. The lowest BCUT2D eigenvalue weighted by atomic mass is 9.95. The number of anilines is 1. The Hall–Kier alpha value is -1.87. The molecule has 3 atom stereocenters. The van der Waals surface area contributed by atoms with Crippen molar-refractivity contribution < 1.29 is 14.7 Å². The number of halogens is 1. The highest BCUT2D eigenvalue weighted by atomic mass is 79.9. The van der Waals surface area contributed by atoms with Crippen LogP contribution in [0.5, 0.6) is 0 Å². The Morgan fingerprint density at radius 1 is 1.38 bits per heavy atom. The Labute approximate surface area is 131 Å². The molecule has 1 aromatic carbocycles. The number of benzene rings is 1. The first-order valence-corrected chi connectivity index (χ1v) is 7.45. The maximum absolute atomic E-state index is 12.3. The summed E-state index contributed by atoms with van der Waals surface area (Å²) < 4.78 is 0.745. The van der Waals surface area contributed by atoms with E-state index in [4.69, 9.17) is 5.26 Å². The van der Waals surface area contributed by atoms with Crippen LogP contribution in [0.3, 0.4) is 0 Å². The first kappa shape index (κ1) is 15.5. The van der Waals surface area contributed by atoms with E-state index < -0.39 is 17.8 Å². The highest BCUT2D eigenvalue weighted by Gasteiger charge is 2.41. The van der Waals surface area contributed by atoms with Crippen molar-refractivity contribution >= 4 is 33.5 Å². The van der Waals surface area contributed by atoms with Gasteiger partial charge in [-0.2, -0.15) is 5.26 Å². The van der Waals surface area contributed by atoms with Gasteiger partial charge < -0.3 is 10.4 Å². The molecule has 0 heterocycles. The SMILES string of the molecule is CC1CC(C(=O)O)C(C(=O)Nc2ccc(Br)cc2C#N)C1. The summed E-state index contributed by atoms with van der Waals surface area (Å²) >= 11 is 3.26. The molecule has 1 aliphatic rings. The second-order valence-corrected chi connectivity index (χ2v) is 6.33. The van der Waals surface area contributed by atoms with Crippen LogP contribution in [-0.4, -0.2) is 17.0 Å². The van der Waals surface area contributed by atoms with E-state index in [0.717, 1.165) is 4.47 Å². The fourth-order valence-corrected chi connectivity index (χ4v) is 3.16. The van der Waals surface area contributed by atoms with Crippen LogP contribution in [-0.2, 0) is 9.59 Å². The summed E-state index contributed by atoms with van der Waals surface area (Å²) in [7, 11) is 0. The first-order valence-electron chi connectivity index (χ1n) is 6.65. The molecule has 21 heavy (non-hydrogen) atoms. The van der Waals surface area contributed by atoms with Gasteiger partial charge in [-0.15, -0.1) is 0 Å². The molecule has 0 saturated heterocycles. The Balaban J connectivity index is 2.18. The average molecular weight is 351 g/mol. The first-order chi connectivity index (χ1) is 9.92. The fraction of sp³-hybridized carbons (Fsp3) is 0.400. The number of carboxylic acids is 1. The predicted octanol–water partition coefficient (Wildman–Crippen LogP) is 3.01. The van der Waals surface area contributed by atoms with Crippen molar-refractivity contribution in [3.8, 4) is 6.07 Å². The van der Waals surface area contributed by atoms with Crippen molar-refractivity contribution in [1.82, 2.24) is 0 Å². The van der Waals surface area contributed by atoms with Crippen LogP contribution in [0.15, 0.2) is 22.7 Å². The Morgan fingerprint density at radius 3 is 2.67 bits per heavy atom. The predicted molar refractivity (Wildman–Crippen MR) is 80.5 cm³/mol. The zero-order valence-corrected chi connectivity index (χ0v) is 13.1. The van der Waals surface area contributed by atoms with Crippen LogP contribution in [0.25, 0.3) is 0 Å². The van der Waals surface area contributed by atoms with E-state index in [1.807, 2.05) is 13.0 Å². The van der Waals surface area contributed by atoms with E-state index >= 15 is 0 Å². The highest BCUT2D eigenvalue weighted by Crippen LogP contribution is 2.37. The minimum absolute atomic E-state index is 0.210. The van der Waals surface area contributed by atoms with E-state index in [0.29, 0.717) is 24.1 Å². The van der Waals surface area contributed by atoms with Crippen molar-refractivity contribution in [2.45, 2.75) is 19.8 Å². The summed E-state index contributed by atoms with van der Waals surface area (Å²) in [5.41, 5.74) is 0.755. The molecule has 1 aliphatic carbocycles. The van der Waals surface area contributed by atoms with Gasteiger partial charge in [0.25, 0.3) is 0 Å². The highest BCUT2D eigenvalue weighted by molar-refractivity contribution is 9.10. The summed E-state index contributed by atoms with van der Waals surface area (Å²) in [5, 5.41) is 21.0. The summed E-state index contributed by atoms with van der Waals surface area (Å²) in [6.07, 6.45) is 1.07. The van der Waals surface area contributed by atoms with Crippen molar-refractivity contribution in [2.75, 3.05) is 5.32 Å². The molecule has 1 saturated carbocycles. The van der Waals surface area contributed by atoms with Crippen LogP contribution >= 0.6 is 15.9 Å². The van der Waals surface area contributed by atoms with Crippen molar-refractivity contribution in [2.24, 2.45) is 17.8 Å². The number of aliphatic carboxylic acids is 1. The quantitative estimate of drug-likeness (QED) is 0.876. The average Bonchev–Trinajstić information content (AvgIpc) is 2.83. The fourth-order valence-electron chi connectivity index (χ4n) is 2.80. The van der Waals surface area contributed by atoms with Crippen LogP contribution in [0.2, 0.25) is 0 Å². The minimum atomic E-state index is -0.934. The molecule has 0 aromatic heterocycles. The van der Waals surface area contributed by atoms with Crippen molar-refractivity contribution in [3.63, 3.8) is 0 Å². The molecule has 2 N–H and O–H groups in total. The topological polar surface area (TPSA) is 90.2 Å². The molecule has 110 valence electrons. The Kier molecular flexibility index (Phi) is 4.63. The normalized spacial score (nSPS) is 24.3. The van der Waals surface area contributed by atoms with Crippen LogP contribution in [0.4, 0.5) is 5.69 Å². The summed E-state index contributed by atoms with van der Waals surface area (Å²) in [6.45, 7) is 1.95. The van der Waals surface area contributed by atoms with Crippen LogP contribution < -0.4 is 5.32 Å². The lowest BCUT2D eigenvalue weighted by molar-refractivity contribution is -0.145. The number of hydrogen-bond acceptors (Lipinski definition) is 3. The summed E-state index contributed by atoms with van der Waals surface area (Å²) in [6, 6.07) is 6.98. The molecule has 3 unspecified atom stereocenters. The van der Waals surface area contributed by atoms with Gasteiger partial charge in [-0.1, -0.05) is 22.9 Å². The standard InChI is InChI=1S/C15H15BrN2O3/c1-8-4-11(12(5-8)15(20)21)14(19)18-13-3-2-10(16)6-9(13)7-17/h2-3,6,8,11-12H,4-5H2,1H3,(H,18,19)(H,20,21). The van der Waals surface area contributed by atoms with E-state index in [-0.39, 0.29) is 11.8 Å². The molecule has 5 nitrogen and oxygen atoms in total. The van der Waals surface area contributed by atoms with E-state index in [9.17, 15) is 14.7 Å². The molecule has 0 spiro atoms. The molecule has 1 fully saturated rings. The van der Waals surface area contributed by atoms with Gasteiger partial charge in [-0.05, 0) is 37.0 Å². The van der Waals surface area contributed by atoms with Gasteiger partial charge in [-0.3, -0.25) is 9.59 Å². The number of hydrogen-bond donors (Lipinski definition) is 2. The largest absolute Gasteiger partial charge is 0.481 e. The number of carbonyl (C=O) groups is 2. The third-order valence-corrected chi connectivity index (χ3v) is 4.31. The van der Waals surface area contributed by atoms with E-state index in [2.05, 4.69) is 21.2 Å². The van der Waals surface area contributed by atoms with Gasteiger partial charge in [0.2, 0.25) is 5.91 Å². The number of nitriles is 1. The summed E-state index contributed by atoms with van der Waals surface area (Å²) in [5.74, 6) is -2.25. The number of rotatable bonds is 3. The number of nitrogens with zero attached hydrogens (tertiary/aromatic N) is 1. The molecule has 2 rings (SSSR count). The Morgan fingerprint density at radius 2 is 2.05 bits per heavy atom.